The van der Waals surface area contributed by atoms with Crippen LogP contribution in [0.15, 0.2) is 36.4 Å². The van der Waals surface area contributed by atoms with Gasteiger partial charge in [-0.25, -0.2) is 4.98 Å². The van der Waals surface area contributed by atoms with Gasteiger partial charge in [-0.15, -0.1) is 0 Å². The molecule has 0 bridgehead atoms. The van der Waals surface area contributed by atoms with Gasteiger partial charge in [-0.3, -0.25) is 4.79 Å². The molecule has 2 aromatic rings. The lowest BCUT2D eigenvalue weighted by atomic mass is 9.88. The van der Waals surface area contributed by atoms with Gasteiger partial charge in [0, 0.05) is 24.7 Å². The number of pyridine rings is 1. The standard InChI is InChI=1S/C29H38N2O7S/c1-6-35-26-9-7-8-24(30-26)23-11-10-21(16-19(23)2)20-12-14-31(15-13-20)39(33,34)37-27(32)22-17-25-29(5,18-22)38-28(3,4)36-25/h7-11,16,20,22,25H,6,12-15,17-18H2,1-5H3/t22-,25-,29+/m1/s1. The number of ether oxygens (including phenoxy) is 3. The third kappa shape index (κ3) is 5.84. The van der Waals surface area contributed by atoms with Crippen LogP contribution in [0.25, 0.3) is 11.3 Å². The van der Waals surface area contributed by atoms with Crippen molar-refractivity contribution in [1.29, 1.82) is 0 Å². The van der Waals surface area contributed by atoms with E-state index in [0.717, 1.165) is 16.8 Å². The highest BCUT2D eigenvalue weighted by Crippen LogP contribution is 2.49. The van der Waals surface area contributed by atoms with Gasteiger partial charge >= 0.3 is 16.3 Å². The van der Waals surface area contributed by atoms with Crippen LogP contribution < -0.4 is 4.74 Å². The zero-order valence-electron chi connectivity index (χ0n) is 23.3. The van der Waals surface area contributed by atoms with Crippen LogP contribution >= 0.6 is 0 Å². The van der Waals surface area contributed by atoms with Crippen LogP contribution in [0, 0.1) is 12.8 Å². The molecular formula is C29H38N2O7S. The van der Waals surface area contributed by atoms with Crippen molar-refractivity contribution in [2.24, 2.45) is 5.92 Å². The maximum atomic E-state index is 13.0. The van der Waals surface area contributed by atoms with Gasteiger partial charge in [-0.05, 0) is 83.4 Å². The highest BCUT2D eigenvalue weighted by Gasteiger charge is 2.57. The molecule has 9 nitrogen and oxygen atoms in total. The van der Waals surface area contributed by atoms with Crippen molar-refractivity contribution in [3.8, 4) is 17.1 Å². The molecule has 10 heteroatoms. The molecule has 1 aromatic carbocycles. The lowest BCUT2D eigenvalue weighted by molar-refractivity contribution is -0.172. The van der Waals surface area contributed by atoms with Crippen LogP contribution in [-0.4, -0.2) is 60.9 Å². The summed E-state index contributed by atoms with van der Waals surface area (Å²) in [6.45, 7) is 10.7. The summed E-state index contributed by atoms with van der Waals surface area (Å²) < 4.78 is 49.7. The number of carbonyl (C=O) groups is 1. The highest BCUT2D eigenvalue weighted by molar-refractivity contribution is 7.84. The molecular weight excluding hydrogens is 520 g/mol. The molecule has 3 aliphatic rings. The Morgan fingerprint density at radius 2 is 1.90 bits per heavy atom. The Morgan fingerprint density at radius 3 is 2.56 bits per heavy atom. The Labute approximate surface area is 231 Å². The van der Waals surface area contributed by atoms with Gasteiger partial charge in [0.25, 0.3) is 0 Å². The lowest BCUT2D eigenvalue weighted by Crippen LogP contribution is -2.40. The number of hydrogen-bond acceptors (Lipinski definition) is 8. The molecule has 0 unspecified atom stereocenters. The average molecular weight is 559 g/mol. The van der Waals surface area contributed by atoms with Crippen molar-refractivity contribution in [3.63, 3.8) is 0 Å². The number of aryl methyl sites for hydroxylation is 1. The van der Waals surface area contributed by atoms with E-state index in [4.69, 9.17) is 18.4 Å². The van der Waals surface area contributed by atoms with Gasteiger partial charge in [0.05, 0.1) is 29.9 Å². The minimum Gasteiger partial charge on any atom is -0.478 e. The Bertz CT molecular complexity index is 1340. The van der Waals surface area contributed by atoms with Gasteiger partial charge in [0.15, 0.2) is 5.79 Å². The van der Waals surface area contributed by atoms with Crippen LogP contribution in [0.4, 0.5) is 0 Å². The number of rotatable bonds is 7. The third-order valence-electron chi connectivity index (χ3n) is 8.04. The minimum absolute atomic E-state index is 0.217. The van der Waals surface area contributed by atoms with Gasteiger partial charge in [-0.1, -0.05) is 24.3 Å². The molecule has 2 aliphatic heterocycles. The fourth-order valence-corrected chi connectivity index (χ4v) is 7.37. The summed E-state index contributed by atoms with van der Waals surface area (Å²) in [6.07, 6.45) is 1.79. The molecule has 3 fully saturated rings. The lowest BCUT2D eigenvalue weighted by Gasteiger charge is -2.31. The average Bonchev–Trinajstić information content (AvgIpc) is 3.30. The second-order valence-electron chi connectivity index (χ2n) is 11.5. The largest absolute Gasteiger partial charge is 0.478 e. The first-order valence-electron chi connectivity index (χ1n) is 13.7. The molecule has 212 valence electrons. The summed E-state index contributed by atoms with van der Waals surface area (Å²) in [5.74, 6) is -1.20. The Kier molecular flexibility index (Phi) is 7.52. The zero-order valence-corrected chi connectivity index (χ0v) is 24.1. The van der Waals surface area contributed by atoms with Gasteiger partial charge < -0.3 is 18.4 Å². The monoisotopic (exact) mass is 558 g/mol. The van der Waals surface area contributed by atoms with Crippen molar-refractivity contribution in [2.75, 3.05) is 19.7 Å². The van der Waals surface area contributed by atoms with Crippen LogP contribution in [0.1, 0.15) is 70.4 Å². The molecule has 3 atom stereocenters. The van der Waals surface area contributed by atoms with E-state index in [9.17, 15) is 13.2 Å². The van der Waals surface area contributed by atoms with Gasteiger partial charge in [0.2, 0.25) is 5.88 Å². The van der Waals surface area contributed by atoms with E-state index in [1.165, 1.54) is 9.87 Å². The van der Waals surface area contributed by atoms with Crippen LogP contribution in [0.2, 0.25) is 0 Å². The predicted octanol–water partition coefficient (Wildman–Crippen LogP) is 4.74. The molecule has 0 amide bonds. The normalized spacial score (nSPS) is 27.3. The number of aromatic nitrogens is 1. The first-order chi connectivity index (χ1) is 18.4. The molecule has 5 rings (SSSR count). The molecule has 0 radical (unpaired) electrons. The molecule has 3 heterocycles. The molecule has 1 aliphatic carbocycles. The summed E-state index contributed by atoms with van der Waals surface area (Å²) >= 11 is 0. The molecule has 1 aromatic heterocycles. The summed E-state index contributed by atoms with van der Waals surface area (Å²) in [7, 11) is -4.17. The maximum absolute atomic E-state index is 13.0. The maximum Gasteiger partial charge on any atom is 0.387 e. The first kappa shape index (κ1) is 28.0. The number of piperidine rings is 1. The zero-order chi connectivity index (χ0) is 28.0. The summed E-state index contributed by atoms with van der Waals surface area (Å²) in [5.41, 5.74) is 3.54. The van der Waals surface area contributed by atoms with E-state index in [1.54, 1.807) is 0 Å². The van der Waals surface area contributed by atoms with E-state index in [1.807, 2.05) is 45.9 Å². The molecule has 2 saturated heterocycles. The highest BCUT2D eigenvalue weighted by atomic mass is 32.2. The summed E-state index contributed by atoms with van der Waals surface area (Å²) in [6, 6.07) is 12.1. The quantitative estimate of drug-likeness (QED) is 0.480. The summed E-state index contributed by atoms with van der Waals surface area (Å²) in [4.78, 5) is 17.4. The van der Waals surface area contributed by atoms with E-state index in [2.05, 4.69) is 30.1 Å². The van der Waals surface area contributed by atoms with Gasteiger partial charge in [0.1, 0.15) is 0 Å². The van der Waals surface area contributed by atoms with E-state index in [0.29, 0.717) is 51.3 Å². The van der Waals surface area contributed by atoms with E-state index >= 15 is 0 Å². The molecule has 1 saturated carbocycles. The van der Waals surface area contributed by atoms with Crippen molar-refractivity contribution < 1.29 is 31.6 Å². The van der Waals surface area contributed by atoms with Gasteiger partial charge in [-0.2, -0.15) is 12.7 Å². The van der Waals surface area contributed by atoms with Crippen molar-refractivity contribution in [3.05, 3.63) is 47.5 Å². The molecule has 39 heavy (non-hydrogen) atoms. The Balaban J connectivity index is 1.18. The number of fused-ring (bicyclic) bond motifs is 1. The minimum atomic E-state index is -4.17. The third-order valence-corrected chi connectivity index (χ3v) is 9.41. The number of nitrogens with zero attached hydrogens (tertiary/aromatic N) is 2. The summed E-state index contributed by atoms with van der Waals surface area (Å²) in [5, 5.41) is 0. The van der Waals surface area contributed by atoms with Crippen LogP contribution in [-0.2, 0) is 28.8 Å². The second-order valence-corrected chi connectivity index (χ2v) is 13.0. The van der Waals surface area contributed by atoms with Crippen LogP contribution in [0.3, 0.4) is 0 Å². The van der Waals surface area contributed by atoms with E-state index < -0.39 is 33.6 Å². The number of carbonyl (C=O) groups excluding carboxylic acids is 1. The smallest absolute Gasteiger partial charge is 0.387 e. The SMILES string of the molecule is CCOc1cccc(-c2ccc(C3CCN(S(=O)(=O)OC(=O)[C@@H]4C[C@H]5OC(C)(C)O[C@@]5(C)C4)CC3)cc2C)n1. The second kappa shape index (κ2) is 10.5. The van der Waals surface area contributed by atoms with E-state index in [-0.39, 0.29) is 12.0 Å². The molecule has 0 spiro atoms. The Morgan fingerprint density at radius 1 is 1.15 bits per heavy atom. The van der Waals surface area contributed by atoms with Crippen molar-refractivity contribution in [1.82, 2.24) is 9.29 Å². The Hall–Kier alpha value is -2.53. The van der Waals surface area contributed by atoms with Crippen molar-refractivity contribution in [2.45, 2.75) is 83.7 Å². The van der Waals surface area contributed by atoms with Crippen molar-refractivity contribution >= 4 is 16.3 Å². The predicted molar refractivity (Wildman–Crippen MR) is 145 cm³/mol. The first-order valence-corrected chi connectivity index (χ1v) is 15.1. The topological polar surface area (TPSA) is 104 Å². The fraction of sp³-hybridized carbons (Fsp3) is 0.586. The number of hydrogen-bond donors (Lipinski definition) is 0. The fourth-order valence-electron chi connectivity index (χ4n) is 6.26. The molecule has 0 N–H and O–H groups in total. The van der Waals surface area contributed by atoms with Crippen LogP contribution in [0.5, 0.6) is 5.88 Å². The number of benzene rings is 1.